The Morgan fingerprint density at radius 3 is 3.06 bits per heavy atom. The minimum atomic E-state index is 0.0438. The Labute approximate surface area is 103 Å². The van der Waals surface area contributed by atoms with Crippen molar-refractivity contribution in [1.82, 2.24) is 14.3 Å². The lowest BCUT2D eigenvalue weighted by atomic mass is 10.5. The van der Waals surface area contributed by atoms with Crippen molar-refractivity contribution >= 4 is 28.1 Å². The first-order chi connectivity index (χ1) is 7.72. The van der Waals surface area contributed by atoms with Gasteiger partial charge in [0.1, 0.15) is 5.03 Å². The average molecular weight is 257 g/mol. The van der Waals surface area contributed by atoms with Crippen molar-refractivity contribution in [1.29, 1.82) is 0 Å². The Balaban J connectivity index is 2.13. The number of aromatic nitrogens is 2. The molecule has 2 rings (SSSR count). The number of aliphatic hydroxyl groups is 1. The lowest BCUT2D eigenvalue weighted by Gasteiger charge is -2.07. The Morgan fingerprint density at radius 2 is 2.38 bits per heavy atom. The summed E-state index contributed by atoms with van der Waals surface area (Å²) in [5, 5.41) is 12.3. The SMILES string of the molecule is CN(C)CCSc1nc2sccn2c1CO. The van der Waals surface area contributed by atoms with Crippen LogP contribution < -0.4 is 0 Å². The monoisotopic (exact) mass is 257 g/mol. The molecule has 16 heavy (non-hydrogen) atoms. The number of thiazole rings is 1. The lowest BCUT2D eigenvalue weighted by molar-refractivity contribution is 0.272. The molecule has 0 aliphatic heterocycles. The number of hydrogen-bond donors (Lipinski definition) is 1. The second kappa shape index (κ2) is 5.18. The van der Waals surface area contributed by atoms with Crippen LogP contribution >= 0.6 is 23.1 Å². The summed E-state index contributed by atoms with van der Waals surface area (Å²) < 4.78 is 1.96. The number of fused-ring (bicyclic) bond motifs is 1. The molecular weight excluding hydrogens is 242 g/mol. The molecule has 0 aromatic carbocycles. The van der Waals surface area contributed by atoms with Crippen LogP contribution in [0, 0.1) is 0 Å². The van der Waals surface area contributed by atoms with Crippen LogP contribution in [0.15, 0.2) is 16.6 Å². The van der Waals surface area contributed by atoms with Gasteiger partial charge in [-0.15, -0.1) is 23.1 Å². The Bertz CT molecular complexity index is 464. The van der Waals surface area contributed by atoms with Crippen LogP contribution in [0.1, 0.15) is 5.69 Å². The molecule has 1 N–H and O–H groups in total. The van der Waals surface area contributed by atoms with E-state index in [1.807, 2.05) is 16.0 Å². The summed E-state index contributed by atoms with van der Waals surface area (Å²) in [7, 11) is 4.11. The van der Waals surface area contributed by atoms with Crippen LogP contribution in [0.4, 0.5) is 0 Å². The van der Waals surface area contributed by atoms with E-state index in [-0.39, 0.29) is 6.61 Å². The molecule has 2 aromatic heterocycles. The number of hydrogen-bond acceptors (Lipinski definition) is 5. The van der Waals surface area contributed by atoms with Gasteiger partial charge in [-0.05, 0) is 14.1 Å². The molecule has 88 valence electrons. The van der Waals surface area contributed by atoms with Gasteiger partial charge in [0.2, 0.25) is 0 Å². The van der Waals surface area contributed by atoms with E-state index in [9.17, 15) is 5.11 Å². The molecule has 0 aliphatic rings. The maximum absolute atomic E-state index is 9.35. The summed E-state index contributed by atoms with van der Waals surface area (Å²) in [5.74, 6) is 0.991. The van der Waals surface area contributed by atoms with E-state index in [2.05, 4.69) is 24.0 Å². The summed E-state index contributed by atoms with van der Waals surface area (Å²) >= 11 is 3.30. The van der Waals surface area contributed by atoms with Crippen LogP contribution in [0.5, 0.6) is 0 Å². The molecule has 4 nitrogen and oxygen atoms in total. The summed E-state index contributed by atoms with van der Waals surface area (Å²) in [6, 6.07) is 0. The molecule has 0 unspecified atom stereocenters. The fourth-order valence-electron chi connectivity index (χ4n) is 1.40. The summed E-state index contributed by atoms with van der Waals surface area (Å²) in [4.78, 5) is 7.60. The highest BCUT2D eigenvalue weighted by atomic mass is 32.2. The van der Waals surface area contributed by atoms with Crippen LogP contribution in [-0.4, -0.2) is 45.8 Å². The fourth-order valence-corrected chi connectivity index (χ4v) is 3.32. The summed E-state index contributed by atoms with van der Waals surface area (Å²) in [6.07, 6.45) is 1.95. The third-order valence-electron chi connectivity index (χ3n) is 2.25. The zero-order chi connectivity index (χ0) is 11.5. The Hall–Kier alpha value is -0.560. The first-order valence-corrected chi connectivity index (χ1v) is 6.91. The van der Waals surface area contributed by atoms with E-state index in [4.69, 9.17) is 0 Å². The highest BCUT2D eigenvalue weighted by Crippen LogP contribution is 2.25. The van der Waals surface area contributed by atoms with E-state index in [0.29, 0.717) is 0 Å². The number of imidazole rings is 1. The number of rotatable bonds is 5. The van der Waals surface area contributed by atoms with E-state index in [1.54, 1.807) is 23.1 Å². The molecule has 0 atom stereocenters. The van der Waals surface area contributed by atoms with E-state index >= 15 is 0 Å². The maximum atomic E-state index is 9.35. The van der Waals surface area contributed by atoms with Gasteiger partial charge in [-0.3, -0.25) is 4.40 Å². The van der Waals surface area contributed by atoms with Gasteiger partial charge in [-0.25, -0.2) is 4.98 Å². The molecule has 6 heteroatoms. The minimum absolute atomic E-state index is 0.0438. The van der Waals surface area contributed by atoms with Gasteiger partial charge in [0, 0.05) is 23.9 Å². The molecule has 0 amide bonds. The first-order valence-electron chi connectivity index (χ1n) is 5.05. The van der Waals surface area contributed by atoms with Gasteiger partial charge >= 0.3 is 0 Å². The van der Waals surface area contributed by atoms with Crippen LogP contribution in [0.25, 0.3) is 4.96 Å². The number of thioether (sulfide) groups is 1. The number of nitrogens with zero attached hydrogens (tertiary/aromatic N) is 3. The summed E-state index contributed by atoms with van der Waals surface area (Å²) in [5.41, 5.74) is 0.903. The predicted octanol–water partition coefficient (Wildman–Crippen LogP) is 1.54. The second-order valence-corrected chi connectivity index (χ2v) is 5.69. The van der Waals surface area contributed by atoms with Crippen molar-refractivity contribution in [2.75, 3.05) is 26.4 Å². The fraction of sp³-hybridized carbons (Fsp3) is 0.500. The molecule has 0 fully saturated rings. The van der Waals surface area contributed by atoms with E-state index < -0.39 is 0 Å². The van der Waals surface area contributed by atoms with Crippen molar-refractivity contribution in [3.05, 3.63) is 17.3 Å². The van der Waals surface area contributed by atoms with Crippen LogP contribution in [0.3, 0.4) is 0 Å². The predicted molar refractivity (Wildman–Crippen MR) is 68.3 cm³/mol. The molecule has 0 radical (unpaired) electrons. The van der Waals surface area contributed by atoms with Gasteiger partial charge < -0.3 is 10.0 Å². The smallest absolute Gasteiger partial charge is 0.195 e. The molecule has 0 aliphatic carbocycles. The lowest BCUT2D eigenvalue weighted by Crippen LogP contribution is -2.14. The Kier molecular flexibility index (Phi) is 3.86. The third-order valence-corrected chi connectivity index (χ3v) is 4.00. The van der Waals surface area contributed by atoms with Gasteiger partial charge in [-0.1, -0.05) is 0 Å². The van der Waals surface area contributed by atoms with Crippen LogP contribution in [0.2, 0.25) is 0 Å². The van der Waals surface area contributed by atoms with Crippen molar-refractivity contribution in [3.8, 4) is 0 Å². The standard InChI is InChI=1S/C10H15N3OS2/c1-12(2)3-5-15-9-8(7-14)13-4-6-16-10(13)11-9/h4,6,14H,3,5,7H2,1-2H3. The maximum Gasteiger partial charge on any atom is 0.195 e. The average Bonchev–Trinajstić information content (AvgIpc) is 2.76. The molecule has 2 heterocycles. The Morgan fingerprint density at radius 1 is 1.56 bits per heavy atom. The highest BCUT2D eigenvalue weighted by Gasteiger charge is 2.12. The van der Waals surface area contributed by atoms with E-state index in [1.165, 1.54) is 0 Å². The van der Waals surface area contributed by atoms with Crippen molar-refractivity contribution in [2.24, 2.45) is 0 Å². The van der Waals surface area contributed by atoms with E-state index in [0.717, 1.165) is 28.0 Å². The van der Waals surface area contributed by atoms with Gasteiger partial charge in [-0.2, -0.15) is 0 Å². The highest BCUT2D eigenvalue weighted by molar-refractivity contribution is 7.99. The quantitative estimate of drug-likeness (QED) is 0.825. The zero-order valence-corrected chi connectivity index (χ0v) is 11.0. The second-order valence-electron chi connectivity index (χ2n) is 3.73. The molecule has 0 bridgehead atoms. The van der Waals surface area contributed by atoms with Crippen molar-refractivity contribution in [3.63, 3.8) is 0 Å². The first kappa shape index (κ1) is 11.9. The molecule has 0 saturated carbocycles. The largest absolute Gasteiger partial charge is 0.390 e. The molecular formula is C10H15N3OS2. The molecule has 2 aromatic rings. The zero-order valence-electron chi connectivity index (χ0n) is 9.38. The van der Waals surface area contributed by atoms with Gasteiger partial charge in [0.05, 0.1) is 12.3 Å². The van der Waals surface area contributed by atoms with Gasteiger partial charge in [0.15, 0.2) is 4.96 Å². The molecule has 0 saturated heterocycles. The summed E-state index contributed by atoms with van der Waals surface area (Å²) in [6.45, 7) is 1.06. The van der Waals surface area contributed by atoms with Crippen molar-refractivity contribution < 1.29 is 5.11 Å². The minimum Gasteiger partial charge on any atom is -0.390 e. The van der Waals surface area contributed by atoms with Gasteiger partial charge in [0.25, 0.3) is 0 Å². The van der Waals surface area contributed by atoms with Crippen LogP contribution in [-0.2, 0) is 6.61 Å². The normalized spacial score (nSPS) is 11.8. The number of aliphatic hydroxyl groups excluding tert-OH is 1. The van der Waals surface area contributed by atoms with Crippen molar-refractivity contribution in [2.45, 2.75) is 11.6 Å². The topological polar surface area (TPSA) is 40.8 Å². The third kappa shape index (κ3) is 2.40. The molecule has 0 spiro atoms.